The topological polar surface area (TPSA) is 172 Å². The molecular formula is C30H47N7O8. The number of hydrogen-bond acceptors (Lipinski definition) is 9. The van der Waals surface area contributed by atoms with Gasteiger partial charge in [-0.25, -0.2) is 29.6 Å². The van der Waals surface area contributed by atoms with Crippen molar-refractivity contribution in [3.8, 4) is 0 Å². The van der Waals surface area contributed by atoms with Crippen molar-refractivity contribution < 1.29 is 33.4 Å². The fourth-order valence-corrected chi connectivity index (χ4v) is 5.17. The van der Waals surface area contributed by atoms with Gasteiger partial charge < -0.3 is 24.1 Å². The average Bonchev–Trinajstić information content (AvgIpc) is 2.94. The first kappa shape index (κ1) is 35.3. The van der Waals surface area contributed by atoms with Gasteiger partial charge in [0, 0.05) is 44.3 Å². The Morgan fingerprint density at radius 3 is 1.96 bits per heavy atom. The third kappa shape index (κ3) is 9.66. The predicted octanol–water partition coefficient (Wildman–Crippen LogP) is 3.31. The lowest BCUT2D eigenvalue weighted by Gasteiger charge is -2.42. The van der Waals surface area contributed by atoms with Gasteiger partial charge in [0.15, 0.2) is 0 Å². The van der Waals surface area contributed by atoms with Crippen LogP contribution in [0.5, 0.6) is 0 Å². The van der Waals surface area contributed by atoms with Crippen LogP contribution in [0.25, 0.3) is 0 Å². The van der Waals surface area contributed by atoms with E-state index in [-0.39, 0.29) is 44.0 Å². The Hall–Kier alpha value is -4.17. The zero-order chi connectivity index (χ0) is 33.7. The zero-order valence-corrected chi connectivity index (χ0v) is 27.5. The minimum atomic E-state index is -1.58. The zero-order valence-electron chi connectivity index (χ0n) is 27.5. The molecule has 1 aromatic heterocycles. The smallest absolute Gasteiger partial charge is 0.430 e. The fraction of sp³-hybridized carbons (Fsp3) is 0.700. The van der Waals surface area contributed by atoms with Crippen LogP contribution in [0.3, 0.4) is 0 Å². The highest BCUT2D eigenvalue weighted by Crippen LogP contribution is 2.30. The molecule has 1 saturated heterocycles. The molecule has 3 rings (SSSR count). The number of carbonyl (C=O) groups is 5. The molecule has 0 spiro atoms. The molecule has 2 aliphatic rings. The summed E-state index contributed by atoms with van der Waals surface area (Å²) in [6, 6.07) is 1.06. The normalized spacial score (nSPS) is 19.3. The summed E-state index contributed by atoms with van der Waals surface area (Å²) < 4.78 is 12.3. The lowest BCUT2D eigenvalue weighted by Crippen LogP contribution is -2.66. The third-order valence-corrected chi connectivity index (χ3v) is 7.51. The minimum Gasteiger partial charge on any atom is -0.443 e. The molecule has 1 saturated carbocycles. The Labute approximate surface area is 263 Å². The summed E-state index contributed by atoms with van der Waals surface area (Å²) in [6.45, 7) is 13.6. The van der Waals surface area contributed by atoms with Crippen LogP contribution in [0.2, 0.25) is 0 Å². The van der Waals surface area contributed by atoms with Crippen molar-refractivity contribution in [1.82, 2.24) is 29.8 Å². The number of rotatable bonds is 5. The molecule has 5 amide bonds. The maximum absolute atomic E-state index is 13.7. The van der Waals surface area contributed by atoms with Gasteiger partial charge in [-0.05, 0) is 87.1 Å². The van der Waals surface area contributed by atoms with E-state index in [2.05, 4.69) is 15.7 Å². The van der Waals surface area contributed by atoms with E-state index in [1.165, 1.54) is 23.6 Å². The number of aldehydes is 1. The van der Waals surface area contributed by atoms with Crippen LogP contribution in [0.4, 0.5) is 20.2 Å². The van der Waals surface area contributed by atoms with E-state index in [0.29, 0.717) is 12.8 Å². The average molecular weight is 634 g/mol. The number of aromatic nitrogens is 2. The molecule has 15 nitrogen and oxygen atoms in total. The number of nitrogens with zero attached hydrogens (tertiary/aromatic N) is 5. The lowest BCUT2D eigenvalue weighted by atomic mass is 9.87. The quantitative estimate of drug-likeness (QED) is 0.364. The van der Waals surface area contributed by atoms with Gasteiger partial charge in [-0.2, -0.15) is 4.98 Å². The first-order valence-electron chi connectivity index (χ1n) is 15.2. The van der Waals surface area contributed by atoms with Gasteiger partial charge in [0.2, 0.25) is 5.91 Å². The fourth-order valence-electron chi connectivity index (χ4n) is 5.17. The minimum absolute atomic E-state index is 0.0307. The highest BCUT2D eigenvalue weighted by Gasteiger charge is 2.45. The largest absolute Gasteiger partial charge is 0.443 e. The first-order chi connectivity index (χ1) is 20.8. The van der Waals surface area contributed by atoms with E-state index in [1.54, 1.807) is 58.4 Å². The van der Waals surface area contributed by atoms with Crippen LogP contribution in [0.15, 0.2) is 17.1 Å². The van der Waals surface area contributed by atoms with Crippen molar-refractivity contribution in [3.05, 3.63) is 22.7 Å². The molecule has 2 fully saturated rings. The van der Waals surface area contributed by atoms with Gasteiger partial charge in [-0.15, -0.1) is 0 Å². The Kier molecular flexibility index (Phi) is 10.9. The molecular weight excluding hydrogens is 586 g/mol. The van der Waals surface area contributed by atoms with Crippen molar-refractivity contribution in [1.29, 1.82) is 0 Å². The summed E-state index contributed by atoms with van der Waals surface area (Å²) in [7, 11) is 0. The lowest BCUT2D eigenvalue weighted by molar-refractivity contribution is -0.145. The second-order valence-corrected chi connectivity index (χ2v) is 13.9. The first-order valence-corrected chi connectivity index (χ1v) is 15.2. The summed E-state index contributed by atoms with van der Waals surface area (Å²) in [5.41, 5.74) is -1.44. The highest BCUT2D eigenvalue weighted by molar-refractivity contribution is 5.91. The number of urea groups is 1. The maximum Gasteiger partial charge on any atom is 0.430 e. The summed E-state index contributed by atoms with van der Waals surface area (Å²) >= 11 is 0. The molecule has 1 aromatic rings. The Bertz CT molecular complexity index is 1310. The number of hydrazine groups is 1. The van der Waals surface area contributed by atoms with Gasteiger partial charge in [0.1, 0.15) is 28.8 Å². The van der Waals surface area contributed by atoms with Crippen molar-refractivity contribution in [3.63, 3.8) is 0 Å². The van der Waals surface area contributed by atoms with Crippen molar-refractivity contribution in [2.75, 3.05) is 31.5 Å². The maximum atomic E-state index is 13.7. The molecule has 2 heterocycles. The number of piperazine rings is 1. The van der Waals surface area contributed by atoms with Gasteiger partial charge in [0.25, 0.3) is 0 Å². The number of carbonyl (C=O) groups excluding carboxylic acids is 5. The molecule has 2 N–H and O–H groups in total. The van der Waals surface area contributed by atoms with Gasteiger partial charge in [-0.1, -0.05) is 0 Å². The van der Waals surface area contributed by atoms with E-state index < -0.39 is 46.6 Å². The van der Waals surface area contributed by atoms with Crippen LogP contribution in [0.1, 0.15) is 87.1 Å². The Morgan fingerprint density at radius 2 is 1.44 bits per heavy atom. The van der Waals surface area contributed by atoms with E-state index in [1.807, 2.05) is 0 Å². The van der Waals surface area contributed by atoms with Crippen LogP contribution >= 0.6 is 0 Å². The van der Waals surface area contributed by atoms with Crippen molar-refractivity contribution in [2.45, 2.75) is 104 Å². The number of amides is 5. The van der Waals surface area contributed by atoms with Gasteiger partial charge in [0.05, 0.1) is 0 Å². The van der Waals surface area contributed by atoms with Crippen molar-refractivity contribution in [2.24, 2.45) is 5.92 Å². The van der Waals surface area contributed by atoms with Crippen molar-refractivity contribution >= 4 is 36.2 Å². The number of ether oxygens (including phenoxy) is 2. The second-order valence-electron chi connectivity index (χ2n) is 13.9. The van der Waals surface area contributed by atoms with Gasteiger partial charge in [-0.3, -0.25) is 14.7 Å². The van der Waals surface area contributed by atoms with Crippen LogP contribution < -0.4 is 16.4 Å². The van der Waals surface area contributed by atoms with E-state index in [4.69, 9.17) is 9.47 Å². The molecule has 0 aromatic carbocycles. The number of hydrogen-bond donors (Lipinski definition) is 2. The molecule has 0 bridgehead atoms. The molecule has 0 radical (unpaired) electrons. The van der Waals surface area contributed by atoms with Crippen LogP contribution in [0, 0.1) is 5.92 Å². The van der Waals surface area contributed by atoms with Crippen LogP contribution in [-0.2, 0) is 19.1 Å². The monoisotopic (exact) mass is 633 g/mol. The van der Waals surface area contributed by atoms with E-state index in [9.17, 15) is 28.8 Å². The highest BCUT2D eigenvalue weighted by atomic mass is 16.6. The molecule has 45 heavy (non-hydrogen) atoms. The predicted molar refractivity (Wildman–Crippen MR) is 164 cm³/mol. The molecule has 0 unspecified atom stereocenters. The SMILES string of the molecule is CC(C)(C)OC(=O)NN(C(=O)OC(C)(C)C)C(C)(C)C(=O)N1CCN(C(=O)Nc2ccn(C3CCC(C=O)CC3)c(=O)n2)CC1. The molecule has 0 atom stereocenters. The molecule has 15 heteroatoms. The molecule has 1 aliphatic heterocycles. The summed E-state index contributed by atoms with van der Waals surface area (Å²) in [6.07, 6.45) is 3.59. The molecule has 250 valence electrons. The Balaban J connectivity index is 1.62. The Morgan fingerprint density at radius 1 is 0.889 bits per heavy atom. The molecule has 1 aliphatic carbocycles. The number of anilines is 1. The van der Waals surface area contributed by atoms with E-state index >= 15 is 0 Å². The third-order valence-electron chi connectivity index (χ3n) is 7.51. The van der Waals surface area contributed by atoms with Gasteiger partial charge >= 0.3 is 23.9 Å². The summed E-state index contributed by atoms with van der Waals surface area (Å²) in [5, 5.41) is 3.48. The summed E-state index contributed by atoms with van der Waals surface area (Å²) in [4.78, 5) is 83.1. The van der Waals surface area contributed by atoms with E-state index in [0.717, 1.165) is 24.1 Å². The summed E-state index contributed by atoms with van der Waals surface area (Å²) in [5.74, 6) is -0.330. The standard InChI is InChI=1S/C30H47N7O8/c1-28(2,3)44-26(42)33-37(27(43)45-29(4,5)6)30(7,8)23(39)34-15-17-35(18-16-34)24(40)31-22-13-14-36(25(41)32-22)21-11-9-20(19-38)10-12-21/h13-14,19-21H,9-12,15-18H2,1-8H3,(H,33,42)(H,31,32,40,41). The second kappa shape index (κ2) is 13.9. The number of nitrogens with one attached hydrogen (secondary N) is 2. The van der Waals surface area contributed by atoms with Crippen LogP contribution in [-0.4, -0.2) is 97.7 Å².